The maximum atomic E-state index is 11.0. The highest BCUT2D eigenvalue weighted by molar-refractivity contribution is 5.79. The first-order chi connectivity index (χ1) is 8.20. The molecule has 2 heteroatoms. The topological polar surface area (TPSA) is 26.3 Å². The van der Waals surface area contributed by atoms with E-state index in [1.807, 2.05) is 25.1 Å². The zero-order valence-corrected chi connectivity index (χ0v) is 10.6. The van der Waals surface area contributed by atoms with Gasteiger partial charge in [-0.15, -0.1) is 0 Å². The monoisotopic (exact) mass is 232 g/mol. The highest BCUT2D eigenvalue weighted by Crippen LogP contribution is 2.29. The van der Waals surface area contributed by atoms with Crippen LogP contribution in [0.4, 0.5) is 0 Å². The fourth-order valence-corrected chi connectivity index (χ4v) is 2.49. The van der Waals surface area contributed by atoms with Crippen LogP contribution in [-0.4, -0.2) is 12.4 Å². The Hall–Kier alpha value is -1.31. The lowest BCUT2D eigenvalue weighted by molar-refractivity contribution is 0.0986. The van der Waals surface area contributed by atoms with Crippen LogP contribution < -0.4 is 4.74 Å². The molecule has 0 bridgehead atoms. The Labute approximate surface area is 103 Å². The predicted octanol–water partition coefficient (Wildman–Crippen LogP) is 3.77. The average molecular weight is 232 g/mol. The van der Waals surface area contributed by atoms with E-state index in [4.69, 9.17) is 4.74 Å². The minimum absolute atomic E-state index is 0.269. The van der Waals surface area contributed by atoms with Crippen molar-refractivity contribution in [1.29, 1.82) is 0 Å². The third kappa shape index (κ3) is 2.87. The lowest BCUT2D eigenvalue weighted by Gasteiger charge is -2.29. The van der Waals surface area contributed by atoms with Crippen molar-refractivity contribution < 1.29 is 9.53 Å². The summed E-state index contributed by atoms with van der Waals surface area (Å²) in [6.07, 6.45) is 6.02. The first-order valence-corrected chi connectivity index (χ1v) is 6.43. The molecule has 1 aliphatic carbocycles. The number of aryl methyl sites for hydroxylation is 1. The number of rotatable bonds is 3. The lowest BCUT2D eigenvalue weighted by atomic mass is 9.88. The van der Waals surface area contributed by atoms with E-state index >= 15 is 0 Å². The van der Waals surface area contributed by atoms with Crippen LogP contribution in [0.3, 0.4) is 0 Å². The van der Waals surface area contributed by atoms with Crippen molar-refractivity contribution in [1.82, 2.24) is 0 Å². The first-order valence-electron chi connectivity index (χ1n) is 6.43. The summed E-state index contributed by atoms with van der Waals surface area (Å²) in [5.74, 6) is 1.33. The maximum absolute atomic E-state index is 11.0. The van der Waals surface area contributed by atoms with Gasteiger partial charge in [0.15, 0.2) is 6.29 Å². The Kier molecular flexibility index (Phi) is 3.82. The summed E-state index contributed by atoms with van der Waals surface area (Å²) in [5, 5.41) is 0. The summed E-state index contributed by atoms with van der Waals surface area (Å²) in [6, 6.07) is 5.80. The van der Waals surface area contributed by atoms with Crippen molar-refractivity contribution in [3.05, 3.63) is 29.3 Å². The van der Waals surface area contributed by atoms with Crippen LogP contribution in [0.25, 0.3) is 0 Å². The summed E-state index contributed by atoms with van der Waals surface area (Å²) >= 11 is 0. The second kappa shape index (κ2) is 5.35. The Morgan fingerprint density at radius 3 is 2.76 bits per heavy atom. The van der Waals surface area contributed by atoms with Crippen LogP contribution >= 0.6 is 0 Å². The number of carbonyl (C=O) groups excluding carboxylic acids is 1. The van der Waals surface area contributed by atoms with Crippen LogP contribution in [-0.2, 0) is 0 Å². The van der Waals surface area contributed by atoms with E-state index in [0.717, 1.165) is 24.0 Å². The van der Waals surface area contributed by atoms with Gasteiger partial charge in [0, 0.05) is 0 Å². The third-order valence-corrected chi connectivity index (χ3v) is 3.60. The summed E-state index contributed by atoms with van der Waals surface area (Å²) in [4.78, 5) is 11.0. The average Bonchev–Trinajstić information content (AvgIpc) is 2.34. The molecule has 1 saturated carbocycles. The minimum atomic E-state index is 0.269. The van der Waals surface area contributed by atoms with Crippen molar-refractivity contribution in [2.24, 2.45) is 5.92 Å². The van der Waals surface area contributed by atoms with Gasteiger partial charge in [-0.3, -0.25) is 4.79 Å². The van der Waals surface area contributed by atoms with Crippen molar-refractivity contribution in [3.8, 4) is 5.75 Å². The van der Waals surface area contributed by atoms with E-state index < -0.39 is 0 Å². The third-order valence-electron chi connectivity index (χ3n) is 3.60. The molecule has 1 aromatic carbocycles. The first kappa shape index (κ1) is 12.2. The lowest BCUT2D eigenvalue weighted by Crippen LogP contribution is -2.28. The molecule has 1 aliphatic rings. The van der Waals surface area contributed by atoms with E-state index in [1.165, 1.54) is 19.3 Å². The Balaban J connectivity index is 2.14. The van der Waals surface area contributed by atoms with Crippen molar-refractivity contribution >= 4 is 6.29 Å². The molecule has 92 valence electrons. The highest BCUT2D eigenvalue weighted by Gasteiger charge is 2.23. The van der Waals surface area contributed by atoms with Gasteiger partial charge in [0.05, 0.1) is 5.56 Å². The smallest absolute Gasteiger partial charge is 0.153 e. The minimum Gasteiger partial charge on any atom is -0.489 e. The molecule has 17 heavy (non-hydrogen) atoms. The zero-order chi connectivity index (χ0) is 12.3. The molecule has 1 aromatic rings. The number of hydrogen-bond acceptors (Lipinski definition) is 2. The van der Waals surface area contributed by atoms with E-state index in [1.54, 1.807) is 0 Å². The molecule has 0 radical (unpaired) electrons. The number of aldehydes is 1. The largest absolute Gasteiger partial charge is 0.489 e. The molecule has 0 aliphatic heterocycles. The van der Waals surface area contributed by atoms with Gasteiger partial charge in [-0.05, 0) is 44.2 Å². The number of benzene rings is 1. The van der Waals surface area contributed by atoms with Gasteiger partial charge in [-0.25, -0.2) is 0 Å². The fraction of sp³-hybridized carbons (Fsp3) is 0.533. The van der Waals surface area contributed by atoms with Gasteiger partial charge in [0.2, 0.25) is 0 Å². The second-order valence-electron chi connectivity index (χ2n) is 5.08. The molecule has 0 saturated heterocycles. The van der Waals surface area contributed by atoms with Crippen molar-refractivity contribution in [2.75, 3.05) is 0 Å². The van der Waals surface area contributed by atoms with Gasteiger partial charge in [0.1, 0.15) is 11.9 Å². The molecule has 0 heterocycles. The van der Waals surface area contributed by atoms with Gasteiger partial charge in [-0.2, -0.15) is 0 Å². The van der Waals surface area contributed by atoms with E-state index in [-0.39, 0.29) is 6.10 Å². The Bertz CT molecular complexity index is 398. The van der Waals surface area contributed by atoms with E-state index in [0.29, 0.717) is 11.5 Å². The number of hydrogen-bond donors (Lipinski definition) is 0. The summed E-state index contributed by atoms with van der Waals surface area (Å²) in [7, 11) is 0. The fourth-order valence-electron chi connectivity index (χ4n) is 2.49. The summed E-state index contributed by atoms with van der Waals surface area (Å²) < 4.78 is 6.01. The normalized spacial score (nSPS) is 24.4. The zero-order valence-electron chi connectivity index (χ0n) is 10.6. The van der Waals surface area contributed by atoms with Crippen LogP contribution in [0.1, 0.15) is 48.5 Å². The van der Waals surface area contributed by atoms with Gasteiger partial charge < -0.3 is 4.74 Å². The van der Waals surface area contributed by atoms with Crippen LogP contribution in [0.5, 0.6) is 5.75 Å². The maximum Gasteiger partial charge on any atom is 0.153 e. The Morgan fingerprint density at radius 2 is 2.06 bits per heavy atom. The molecule has 0 spiro atoms. The SMILES string of the molecule is Cc1ccc(OC2CCCCC2C)c(C=O)c1. The number of ether oxygens (including phenoxy) is 1. The second-order valence-corrected chi connectivity index (χ2v) is 5.08. The van der Waals surface area contributed by atoms with Gasteiger partial charge in [0.25, 0.3) is 0 Å². The van der Waals surface area contributed by atoms with E-state index in [2.05, 4.69) is 6.92 Å². The molecule has 0 amide bonds. The van der Waals surface area contributed by atoms with Gasteiger partial charge in [-0.1, -0.05) is 25.0 Å². The molecular formula is C15H20O2. The standard InChI is InChI=1S/C15H20O2/c1-11-7-8-15(13(9-11)10-16)17-14-6-4-3-5-12(14)2/h7-10,12,14H,3-6H2,1-2H3. The van der Waals surface area contributed by atoms with Crippen LogP contribution in [0.15, 0.2) is 18.2 Å². The summed E-state index contributed by atoms with van der Waals surface area (Å²) in [6.45, 7) is 4.22. The summed E-state index contributed by atoms with van der Waals surface area (Å²) in [5.41, 5.74) is 1.76. The molecule has 0 N–H and O–H groups in total. The van der Waals surface area contributed by atoms with Crippen LogP contribution in [0, 0.1) is 12.8 Å². The molecule has 2 nitrogen and oxygen atoms in total. The Morgan fingerprint density at radius 1 is 1.29 bits per heavy atom. The number of carbonyl (C=O) groups is 1. The molecular weight excluding hydrogens is 212 g/mol. The highest BCUT2D eigenvalue weighted by atomic mass is 16.5. The van der Waals surface area contributed by atoms with E-state index in [9.17, 15) is 4.79 Å². The molecule has 0 aromatic heterocycles. The van der Waals surface area contributed by atoms with Crippen molar-refractivity contribution in [2.45, 2.75) is 45.6 Å². The van der Waals surface area contributed by atoms with Crippen molar-refractivity contribution in [3.63, 3.8) is 0 Å². The molecule has 1 fully saturated rings. The molecule has 2 unspecified atom stereocenters. The van der Waals surface area contributed by atoms with Crippen LogP contribution in [0.2, 0.25) is 0 Å². The predicted molar refractivity (Wildman–Crippen MR) is 68.6 cm³/mol. The van der Waals surface area contributed by atoms with Gasteiger partial charge >= 0.3 is 0 Å². The molecule has 2 atom stereocenters. The quantitative estimate of drug-likeness (QED) is 0.742. The molecule has 2 rings (SSSR count).